The Morgan fingerprint density at radius 2 is 2.00 bits per heavy atom. The lowest BCUT2D eigenvalue weighted by atomic mass is 10.2. The van der Waals surface area contributed by atoms with Crippen LogP contribution in [0.25, 0.3) is 10.2 Å². The van der Waals surface area contributed by atoms with Crippen LogP contribution in [0.15, 0.2) is 47.4 Å². The first-order valence-corrected chi connectivity index (χ1v) is 13.7. The molecule has 11 heteroatoms. The zero-order valence-corrected chi connectivity index (χ0v) is 20.6. The average Bonchev–Trinajstić information content (AvgIpc) is 3.58. The maximum Gasteiger partial charge on any atom is 0.247 e. The number of hydrogen-bond donors (Lipinski definition) is 0. The summed E-state index contributed by atoms with van der Waals surface area (Å²) in [7, 11) is -3.91. The van der Waals surface area contributed by atoms with E-state index in [-0.39, 0.29) is 35.5 Å². The van der Waals surface area contributed by atoms with Crippen molar-refractivity contribution in [3.05, 3.63) is 53.3 Å². The molecule has 2 atom stereocenters. The van der Waals surface area contributed by atoms with Gasteiger partial charge >= 0.3 is 0 Å². The second kappa shape index (κ2) is 9.50. The quantitative estimate of drug-likeness (QED) is 0.477. The van der Waals surface area contributed by atoms with Crippen LogP contribution in [0.2, 0.25) is 5.02 Å². The van der Waals surface area contributed by atoms with Crippen LogP contribution < -0.4 is 4.90 Å². The maximum atomic E-state index is 14.3. The van der Waals surface area contributed by atoms with Gasteiger partial charge in [0.05, 0.1) is 22.2 Å². The first-order chi connectivity index (χ1) is 16.3. The van der Waals surface area contributed by atoms with Crippen LogP contribution in [0.5, 0.6) is 0 Å². The molecule has 2 aromatic carbocycles. The predicted octanol–water partition coefficient (Wildman–Crippen LogP) is 4.45. The molecule has 0 aliphatic carbocycles. The van der Waals surface area contributed by atoms with Crippen molar-refractivity contribution in [1.29, 1.82) is 0 Å². The van der Waals surface area contributed by atoms with E-state index in [2.05, 4.69) is 4.98 Å². The van der Waals surface area contributed by atoms with Crippen molar-refractivity contribution in [2.24, 2.45) is 0 Å². The fourth-order valence-corrected chi connectivity index (χ4v) is 7.24. The summed E-state index contributed by atoms with van der Waals surface area (Å²) >= 11 is 7.13. The Balaban J connectivity index is 1.49. The van der Waals surface area contributed by atoms with E-state index in [0.717, 1.165) is 12.8 Å². The Bertz CT molecular complexity index is 1310. The van der Waals surface area contributed by atoms with Crippen LogP contribution in [0.4, 0.5) is 9.52 Å². The van der Waals surface area contributed by atoms with Crippen LogP contribution >= 0.6 is 22.9 Å². The molecule has 1 amide bonds. The topological polar surface area (TPSA) is 79.8 Å². The molecular weight excluding hydrogens is 501 g/mol. The van der Waals surface area contributed by atoms with E-state index >= 15 is 0 Å². The fraction of sp³-hybridized carbons (Fsp3) is 0.391. The molecule has 2 aliphatic rings. The molecule has 2 fully saturated rings. The van der Waals surface area contributed by atoms with Gasteiger partial charge in [-0.25, -0.2) is 17.8 Å². The van der Waals surface area contributed by atoms with E-state index in [4.69, 9.17) is 16.3 Å². The number of benzene rings is 2. The number of sulfonamides is 1. The summed E-state index contributed by atoms with van der Waals surface area (Å²) in [6.45, 7) is 1.09. The smallest absolute Gasteiger partial charge is 0.247 e. The molecule has 5 rings (SSSR count). The fourth-order valence-electron chi connectivity index (χ4n) is 4.47. The van der Waals surface area contributed by atoms with Crippen LogP contribution in [0, 0.1) is 5.82 Å². The molecule has 3 aromatic rings. The van der Waals surface area contributed by atoms with Gasteiger partial charge < -0.3 is 4.74 Å². The Morgan fingerprint density at radius 1 is 1.21 bits per heavy atom. The maximum absolute atomic E-state index is 14.3. The number of anilines is 1. The molecular formula is C23H23ClFN3O4S2. The Kier molecular flexibility index (Phi) is 6.60. The standard InChI is InChI=1S/C23H23ClFN3O4S2/c24-15-8-10-17(11-9-15)34(30,31)28-12-2-6-19(28)22(29)27(14-16-4-3-13-32-16)23-26-21-18(25)5-1-7-20(21)33-23/h1,5,7-11,16,19H,2-4,6,12-14H2. The van der Waals surface area contributed by atoms with E-state index in [0.29, 0.717) is 34.3 Å². The van der Waals surface area contributed by atoms with Crippen molar-refractivity contribution >= 4 is 54.2 Å². The monoisotopic (exact) mass is 523 g/mol. The number of rotatable bonds is 6. The summed E-state index contributed by atoms with van der Waals surface area (Å²) in [4.78, 5) is 19.8. The van der Waals surface area contributed by atoms with Crippen molar-refractivity contribution < 1.29 is 22.3 Å². The lowest BCUT2D eigenvalue weighted by Gasteiger charge is -2.29. The highest BCUT2D eigenvalue weighted by Gasteiger charge is 2.42. The number of carbonyl (C=O) groups excluding carboxylic acids is 1. The number of aromatic nitrogens is 1. The largest absolute Gasteiger partial charge is 0.376 e. The van der Waals surface area contributed by atoms with E-state index in [9.17, 15) is 17.6 Å². The predicted molar refractivity (Wildman–Crippen MR) is 129 cm³/mol. The van der Waals surface area contributed by atoms with Gasteiger partial charge in [-0.2, -0.15) is 4.31 Å². The summed E-state index contributed by atoms with van der Waals surface area (Å²) in [5.41, 5.74) is 0.199. The number of halogens is 2. The Morgan fingerprint density at radius 3 is 2.71 bits per heavy atom. The first kappa shape index (κ1) is 23.6. The minimum atomic E-state index is -3.91. The minimum Gasteiger partial charge on any atom is -0.376 e. The van der Waals surface area contributed by atoms with Crippen molar-refractivity contribution in [3.63, 3.8) is 0 Å². The third kappa shape index (κ3) is 4.45. The highest BCUT2D eigenvalue weighted by molar-refractivity contribution is 7.89. The van der Waals surface area contributed by atoms with Gasteiger partial charge in [0, 0.05) is 18.2 Å². The van der Waals surface area contributed by atoms with Gasteiger partial charge in [0.25, 0.3) is 0 Å². The van der Waals surface area contributed by atoms with Gasteiger partial charge in [-0.15, -0.1) is 0 Å². The minimum absolute atomic E-state index is 0.0873. The summed E-state index contributed by atoms with van der Waals surface area (Å²) < 4.78 is 48.7. The molecule has 34 heavy (non-hydrogen) atoms. The van der Waals surface area contributed by atoms with Crippen molar-refractivity contribution in [3.8, 4) is 0 Å². The summed E-state index contributed by atoms with van der Waals surface area (Å²) in [5, 5.41) is 0.773. The van der Waals surface area contributed by atoms with Gasteiger partial charge in [-0.05, 0) is 62.1 Å². The van der Waals surface area contributed by atoms with Crippen LogP contribution in [-0.4, -0.2) is 55.5 Å². The molecule has 0 bridgehead atoms. The van der Waals surface area contributed by atoms with Crippen molar-refractivity contribution in [2.75, 3.05) is 24.6 Å². The summed E-state index contributed by atoms with van der Waals surface area (Å²) in [5.74, 6) is -0.831. The molecule has 0 radical (unpaired) electrons. The van der Waals surface area contributed by atoms with Crippen LogP contribution in [-0.2, 0) is 19.6 Å². The van der Waals surface area contributed by atoms with Gasteiger partial charge in [-0.1, -0.05) is 29.0 Å². The normalized spacial score (nSPS) is 21.4. The van der Waals surface area contributed by atoms with Crippen molar-refractivity contribution in [1.82, 2.24) is 9.29 Å². The third-order valence-electron chi connectivity index (χ3n) is 6.17. The van der Waals surface area contributed by atoms with E-state index in [1.54, 1.807) is 12.1 Å². The lowest BCUT2D eigenvalue weighted by molar-refractivity contribution is -0.122. The number of hydrogen-bond acceptors (Lipinski definition) is 6. The molecule has 2 saturated heterocycles. The Hall–Kier alpha value is -2.11. The molecule has 180 valence electrons. The SMILES string of the molecule is O=C(C1CCCN1S(=O)(=O)c1ccc(Cl)cc1)N(CC1CCCO1)c1nc2c(F)cccc2s1. The third-order valence-corrected chi connectivity index (χ3v) is 9.39. The number of para-hydroxylation sites is 1. The van der Waals surface area contributed by atoms with E-state index < -0.39 is 21.9 Å². The van der Waals surface area contributed by atoms with Gasteiger partial charge in [0.15, 0.2) is 5.13 Å². The first-order valence-electron chi connectivity index (χ1n) is 11.1. The molecule has 0 saturated carbocycles. The number of fused-ring (bicyclic) bond motifs is 1. The van der Waals surface area contributed by atoms with E-state index in [1.807, 2.05) is 0 Å². The lowest BCUT2D eigenvalue weighted by Crippen LogP contribution is -2.49. The number of thiazole rings is 1. The van der Waals surface area contributed by atoms with Gasteiger partial charge in [-0.3, -0.25) is 9.69 Å². The average molecular weight is 524 g/mol. The Labute approximate surface area is 206 Å². The second-order valence-corrected chi connectivity index (χ2v) is 11.7. The second-order valence-electron chi connectivity index (χ2n) is 8.39. The summed E-state index contributed by atoms with van der Waals surface area (Å²) in [6, 6.07) is 9.72. The van der Waals surface area contributed by atoms with Gasteiger partial charge in [0.2, 0.25) is 15.9 Å². The van der Waals surface area contributed by atoms with Gasteiger partial charge in [0.1, 0.15) is 17.4 Å². The van der Waals surface area contributed by atoms with Crippen molar-refractivity contribution in [2.45, 2.75) is 42.7 Å². The molecule has 0 spiro atoms. The highest BCUT2D eigenvalue weighted by Crippen LogP contribution is 2.34. The number of amides is 1. The zero-order chi connectivity index (χ0) is 23.9. The molecule has 0 N–H and O–H groups in total. The number of ether oxygens (including phenoxy) is 1. The van der Waals surface area contributed by atoms with Crippen LogP contribution in [0.1, 0.15) is 25.7 Å². The zero-order valence-electron chi connectivity index (χ0n) is 18.2. The summed E-state index contributed by atoms with van der Waals surface area (Å²) in [6.07, 6.45) is 2.46. The molecule has 7 nitrogen and oxygen atoms in total. The highest BCUT2D eigenvalue weighted by atomic mass is 35.5. The number of carbonyl (C=O) groups is 1. The molecule has 2 aliphatic heterocycles. The van der Waals surface area contributed by atoms with E-state index in [1.165, 1.54) is 50.9 Å². The molecule has 2 unspecified atom stereocenters. The number of nitrogens with zero attached hydrogens (tertiary/aromatic N) is 3. The van der Waals surface area contributed by atoms with Crippen LogP contribution in [0.3, 0.4) is 0 Å². The molecule has 3 heterocycles. The molecule has 1 aromatic heterocycles.